The predicted octanol–water partition coefficient (Wildman–Crippen LogP) is 2.25. The Hall–Kier alpha value is -0.900. The number of halogens is 3. The lowest BCUT2D eigenvalue weighted by molar-refractivity contribution is 0.146. The first kappa shape index (κ1) is 8.20. The Morgan fingerprint density at radius 1 is 1.45 bits per heavy atom. The van der Waals surface area contributed by atoms with Crippen molar-refractivity contribution in [1.82, 2.24) is 4.98 Å². The maximum Gasteiger partial charge on any atom is 0.280 e. The van der Waals surface area contributed by atoms with E-state index in [2.05, 4.69) is 4.98 Å². The molecule has 0 bridgehead atoms. The van der Waals surface area contributed by atoms with Gasteiger partial charge in [0, 0.05) is 0 Å². The van der Waals surface area contributed by atoms with Crippen LogP contribution in [0.1, 0.15) is 12.1 Å². The molecule has 0 aromatic carbocycles. The van der Waals surface area contributed by atoms with Crippen molar-refractivity contribution in [3.05, 3.63) is 23.0 Å². The molecule has 0 saturated heterocycles. The Morgan fingerprint density at radius 3 is 2.55 bits per heavy atom. The molecular weight excluding hydrogens is 174 g/mol. The van der Waals surface area contributed by atoms with Gasteiger partial charge in [-0.2, -0.15) is 0 Å². The van der Waals surface area contributed by atoms with Crippen molar-refractivity contribution >= 4 is 17.3 Å². The Kier molecular flexibility index (Phi) is 2.24. The summed E-state index contributed by atoms with van der Waals surface area (Å²) in [6.07, 6.45) is -2.60. The number of pyridine rings is 1. The van der Waals surface area contributed by atoms with Crippen molar-refractivity contribution < 1.29 is 8.78 Å². The minimum absolute atomic E-state index is 0.0807. The average Bonchev–Trinajstić information content (AvgIpc) is 1.94. The van der Waals surface area contributed by atoms with Gasteiger partial charge in [0.05, 0.1) is 5.69 Å². The van der Waals surface area contributed by atoms with E-state index >= 15 is 0 Å². The van der Waals surface area contributed by atoms with Crippen LogP contribution in [0.2, 0.25) is 5.15 Å². The van der Waals surface area contributed by atoms with Crippen LogP contribution in [0.4, 0.5) is 14.5 Å². The van der Waals surface area contributed by atoms with Crippen LogP contribution in [-0.4, -0.2) is 4.98 Å². The van der Waals surface area contributed by atoms with Crippen LogP contribution >= 0.6 is 11.6 Å². The highest BCUT2D eigenvalue weighted by Gasteiger charge is 2.09. The molecule has 2 nitrogen and oxygen atoms in total. The van der Waals surface area contributed by atoms with Crippen LogP contribution in [-0.2, 0) is 0 Å². The lowest BCUT2D eigenvalue weighted by Crippen LogP contribution is -1.94. The van der Waals surface area contributed by atoms with E-state index in [9.17, 15) is 8.78 Å². The first-order chi connectivity index (χ1) is 5.11. The van der Waals surface area contributed by atoms with E-state index in [-0.39, 0.29) is 16.5 Å². The van der Waals surface area contributed by atoms with Gasteiger partial charge in [-0.1, -0.05) is 11.6 Å². The largest absolute Gasteiger partial charge is 0.396 e. The normalized spacial score (nSPS) is 10.5. The number of hydrogen-bond donors (Lipinski definition) is 1. The summed E-state index contributed by atoms with van der Waals surface area (Å²) < 4.78 is 23.8. The minimum Gasteiger partial charge on any atom is -0.396 e. The van der Waals surface area contributed by atoms with Gasteiger partial charge >= 0.3 is 0 Å². The maximum atomic E-state index is 11.9. The summed E-state index contributed by atoms with van der Waals surface area (Å²) in [5.41, 5.74) is 5.10. The van der Waals surface area contributed by atoms with E-state index in [4.69, 9.17) is 17.3 Å². The molecule has 5 heteroatoms. The second-order valence-electron chi connectivity index (χ2n) is 1.92. The summed E-state index contributed by atoms with van der Waals surface area (Å²) in [7, 11) is 0. The number of nitrogens with two attached hydrogens (primary N) is 1. The molecule has 0 saturated carbocycles. The van der Waals surface area contributed by atoms with Crippen LogP contribution in [0.5, 0.6) is 0 Å². The van der Waals surface area contributed by atoms with Gasteiger partial charge in [0.2, 0.25) is 0 Å². The fourth-order valence-corrected chi connectivity index (χ4v) is 0.741. The van der Waals surface area contributed by atoms with Crippen LogP contribution in [0.15, 0.2) is 12.1 Å². The second-order valence-corrected chi connectivity index (χ2v) is 2.27. The fraction of sp³-hybridized carbons (Fsp3) is 0.167. The zero-order chi connectivity index (χ0) is 8.43. The number of alkyl halides is 2. The Balaban J connectivity index is 3.05. The van der Waals surface area contributed by atoms with Gasteiger partial charge in [-0.3, -0.25) is 0 Å². The second kappa shape index (κ2) is 3.00. The summed E-state index contributed by atoms with van der Waals surface area (Å²) in [5, 5.41) is -0.0807. The summed E-state index contributed by atoms with van der Waals surface area (Å²) in [5.74, 6) is 0. The molecule has 60 valence electrons. The Bertz CT molecular complexity index is 265. The molecule has 0 spiro atoms. The average molecular weight is 179 g/mol. The highest BCUT2D eigenvalue weighted by atomic mass is 35.5. The number of hydrogen-bond acceptors (Lipinski definition) is 2. The Morgan fingerprint density at radius 2 is 2.09 bits per heavy atom. The van der Waals surface area contributed by atoms with Crippen LogP contribution in [0.3, 0.4) is 0 Å². The maximum absolute atomic E-state index is 11.9. The molecule has 0 aliphatic heterocycles. The van der Waals surface area contributed by atoms with E-state index in [1.165, 1.54) is 6.07 Å². The van der Waals surface area contributed by atoms with Gasteiger partial charge in [-0.15, -0.1) is 0 Å². The molecule has 1 aromatic heterocycles. The number of anilines is 1. The quantitative estimate of drug-likeness (QED) is 0.670. The van der Waals surface area contributed by atoms with Crippen molar-refractivity contribution in [2.75, 3.05) is 5.73 Å². The molecule has 0 atom stereocenters. The molecule has 0 unspecified atom stereocenters. The zero-order valence-corrected chi connectivity index (χ0v) is 6.15. The molecule has 0 aliphatic rings. The van der Waals surface area contributed by atoms with E-state index in [0.717, 1.165) is 6.07 Å². The molecule has 1 heterocycles. The van der Waals surface area contributed by atoms with Gasteiger partial charge in [0.25, 0.3) is 6.43 Å². The Labute approximate surface area is 67.0 Å². The third-order valence-corrected chi connectivity index (χ3v) is 1.43. The van der Waals surface area contributed by atoms with Crippen molar-refractivity contribution in [2.24, 2.45) is 0 Å². The third kappa shape index (κ3) is 1.77. The summed E-state index contributed by atoms with van der Waals surface area (Å²) >= 11 is 5.39. The van der Waals surface area contributed by atoms with Crippen molar-refractivity contribution in [1.29, 1.82) is 0 Å². The van der Waals surface area contributed by atoms with E-state index < -0.39 is 6.43 Å². The van der Waals surface area contributed by atoms with Crippen molar-refractivity contribution in [3.8, 4) is 0 Å². The summed E-state index contributed by atoms with van der Waals surface area (Å²) in [4.78, 5) is 3.36. The van der Waals surface area contributed by atoms with E-state index in [1.807, 2.05) is 0 Å². The lowest BCUT2D eigenvalue weighted by atomic mass is 10.3. The molecule has 0 aliphatic carbocycles. The smallest absolute Gasteiger partial charge is 0.280 e. The topological polar surface area (TPSA) is 38.9 Å². The fourth-order valence-electron chi connectivity index (χ4n) is 0.581. The highest BCUT2D eigenvalue weighted by Crippen LogP contribution is 2.21. The van der Waals surface area contributed by atoms with Gasteiger partial charge in [-0.25, -0.2) is 13.8 Å². The molecule has 1 aromatic rings. The van der Waals surface area contributed by atoms with Gasteiger partial charge < -0.3 is 5.73 Å². The van der Waals surface area contributed by atoms with Gasteiger partial charge in [0.15, 0.2) is 5.15 Å². The highest BCUT2D eigenvalue weighted by molar-refractivity contribution is 6.31. The first-order valence-corrected chi connectivity index (χ1v) is 3.19. The SMILES string of the molecule is Nc1ccc(C(F)F)nc1Cl. The van der Waals surface area contributed by atoms with Crippen molar-refractivity contribution in [2.45, 2.75) is 6.43 Å². The van der Waals surface area contributed by atoms with E-state index in [1.54, 1.807) is 0 Å². The number of rotatable bonds is 1. The molecule has 2 N–H and O–H groups in total. The van der Waals surface area contributed by atoms with Crippen LogP contribution in [0, 0.1) is 0 Å². The number of nitrogens with zero attached hydrogens (tertiary/aromatic N) is 1. The standard InChI is InChI=1S/C6H5ClF2N2/c7-5-3(10)1-2-4(11-5)6(8)9/h1-2,6H,10H2. The molecular formula is C6H5ClF2N2. The van der Waals surface area contributed by atoms with E-state index in [0.29, 0.717) is 0 Å². The van der Waals surface area contributed by atoms with Gasteiger partial charge in [-0.05, 0) is 12.1 Å². The van der Waals surface area contributed by atoms with Crippen LogP contribution < -0.4 is 5.73 Å². The third-order valence-electron chi connectivity index (χ3n) is 1.12. The monoisotopic (exact) mass is 178 g/mol. The minimum atomic E-state index is -2.60. The summed E-state index contributed by atoms with van der Waals surface area (Å²) in [6.45, 7) is 0. The lowest BCUT2D eigenvalue weighted by Gasteiger charge is -2.00. The molecule has 0 amide bonds. The van der Waals surface area contributed by atoms with Crippen molar-refractivity contribution in [3.63, 3.8) is 0 Å². The number of nitrogen functional groups attached to an aromatic ring is 1. The van der Waals surface area contributed by atoms with Gasteiger partial charge in [0.1, 0.15) is 5.69 Å². The van der Waals surface area contributed by atoms with Crippen LogP contribution in [0.25, 0.3) is 0 Å². The zero-order valence-electron chi connectivity index (χ0n) is 5.39. The predicted molar refractivity (Wildman–Crippen MR) is 38.6 cm³/mol. The molecule has 1 rings (SSSR count). The molecule has 11 heavy (non-hydrogen) atoms. The molecule has 0 radical (unpaired) electrons. The summed E-state index contributed by atoms with van der Waals surface area (Å²) in [6, 6.07) is 2.45. The number of aromatic nitrogens is 1. The molecule has 0 fully saturated rings. The first-order valence-electron chi connectivity index (χ1n) is 2.81.